The van der Waals surface area contributed by atoms with Crippen molar-refractivity contribution < 1.29 is 38.5 Å². The molecule has 10 nitrogen and oxygen atoms in total. The normalized spacial score (nSPS) is 38.1. The number of carbonyl (C=O) groups is 4. The second-order valence-electron chi connectivity index (χ2n) is 23.6. The summed E-state index contributed by atoms with van der Waals surface area (Å²) >= 11 is 0. The molecule has 0 radical (unpaired) electrons. The van der Waals surface area contributed by atoms with Crippen LogP contribution < -0.4 is 20.1 Å². The van der Waals surface area contributed by atoms with E-state index >= 15 is 0 Å². The van der Waals surface area contributed by atoms with Crippen molar-refractivity contribution in [3.05, 3.63) is 34.9 Å². The molecule has 1 aromatic rings. The summed E-state index contributed by atoms with van der Waals surface area (Å²) in [4.78, 5) is 53.0. The molecule has 0 spiro atoms. The van der Waals surface area contributed by atoms with E-state index in [0.717, 1.165) is 69.9 Å². The third-order valence-corrected chi connectivity index (χ3v) is 19.1. The van der Waals surface area contributed by atoms with Crippen molar-refractivity contribution in [2.45, 2.75) is 158 Å². The van der Waals surface area contributed by atoms with Crippen molar-refractivity contribution in [3.63, 3.8) is 0 Å². The highest BCUT2D eigenvalue weighted by Crippen LogP contribution is 2.77. The minimum atomic E-state index is -0.827. The van der Waals surface area contributed by atoms with Gasteiger partial charge in [0.1, 0.15) is 6.10 Å². The van der Waals surface area contributed by atoms with Gasteiger partial charge in [0.25, 0.3) is 5.91 Å². The van der Waals surface area contributed by atoms with Crippen LogP contribution in [0.5, 0.6) is 11.5 Å². The second-order valence-corrected chi connectivity index (χ2v) is 23.6. The number of rotatable bonds is 11. The Bertz CT molecular complexity index is 2020. The van der Waals surface area contributed by atoms with Gasteiger partial charge in [-0.2, -0.15) is 0 Å². The first-order valence-electron chi connectivity index (χ1n) is 23.6. The van der Waals surface area contributed by atoms with E-state index in [-0.39, 0.29) is 63.7 Å². The van der Waals surface area contributed by atoms with Crippen molar-refractivity contribution in [2.24, 2.45) is 68.0 Å². The fraction of sp³-hybridized carbons (Fsp3) is 0.765. The van der Waals surface area contributed by atoms with Crippen molar-refractivity contribution in [3.8, 4) is 11.5 Å². The highest BCUT2D eigenvalue weighted by molar-refractivity contribution is 6.00. The zero-order valence-corrected chi connectivity index (χ0v) is 39.0. The first-order valence-corrected chi connectivity index (χ1v) is 23.6. The lowest BCUT2D eigenvalue weighted by Crippen LogP contribution is -2.66. The lowest BCUT2D eigenvalue weighted by Gasteiger charge is -2.72. The summed E-state index contributed by atoms with van der Waals surface area (Å²) in [6.07, 6.45) is 10.2. The van der Waals surface area contributed by atoms with Gasteiger partial charge in [0.2, 0.25) is 6.79 Å². The minimum absolute atomic E-state index is 0.0614. The summed E-state index contributed by atoms with van der Waals surface area (Å²) in [5.74, 6) is 1.00. The van der Waals surface area contributed by atoms with Crippen LogP contribution in [-0.4, -0.2) is 60.3 Å². The predicted molar refractivity (Wildman–Crippen MR) is 234 cm³/mol. The van der Waals surface area contributed by atoms with E-state index in [9.17, 15) is 24.3 Å². The maximum Gasteiger partial charge on any atom is 0.309 e. The molecule has 3 N–H and O–H groups in total. The summed E-state index contributed by atoms with van der Waals surface area (Å²) < 4.78 is 17.4. The largest absolute Gasteiger partial charge is 0.481 e. The van der Waals surface area contributed by atoms with Gasteiger partial charge in [0.15, 0.2) is 17.3 Å². The number of hydrogen-bond donors (Lipinski definition) is 3. The van der Waals surface area contributed by atoms with E-state index < -0.39 is 22.8 Å². The van der Waals surface area contributed by atoms with Gasteiger partial charge in [0, 0.05) is 34.9 Å². The number of carboxylic acids is 1. The van der Waals surface area contributed by atoms with Crippen LogP contribution in [0, 0.1) is 68.0 Å². The number of fused-ring (bicyclic) bond motifs is 8. The Morgan fingerprint density at radius 1 is 0.869 bits per heavy atom. The molecule has 10 heteroatoms. The SMILES string of the molecule is CC(C)C1=C2[C@H]3CC[C@@H]4[C@@]5(C)CC[C@H](OC(=O)[C@H]6C[C@@H](C(=O)O)C6(C)C)C(C)(C)[C@@H]5CC[C@@]4(C)[C@]3(C)CC[C@@]2(CCNCC(C)(C)NC(=O)c2ccc3c(c2)OCO3)CC1=O. The molecule has 0 aromatic heterocycles. The standard InChI is InChI=1S/C51H74N2O8/c1-29(2)40-34(54)26-51(22-23-52-27-45(3,4)53-42(55)30-12-14-35-36(24-30)60-28-59-35)21-20-49(10)31(41(40)51)13-15-38-48(9)18-17-39(47(7,8)37(48)16-19-50(38,49)11)61-44(58)33-25-32(43(56)57)46(33,5)6/h12,14,24,29,31-33,37-39,52H,13,15-23,25-28H2,1-11H3,(H,53,55)(H,56,57)/t31-,32+,33-,37+,38-,39+,48+,49-,50-,51-/m1/s1. The second kappa shape index (κ2) is 14.8. The highest BCUT2D eigenvalue weighted by atomic mass is 16.7. The maximum atomic E-state index is 14.2. The molecule has 5 fully saturated rings. The quantitative estimate of drug-likeness (QED) is 0.147. The molecule has 0 saturated heterocycles. The lowest BCUT2D eigenvalue weighted by atomic mass is 9.33. The molecule has 1 heterocycles. The van der Waals surface area contributed by atoms with E-state index in [0.29, 0.717) is 60.0 Å². The van der Waals surface area contributed by atoms with Crippen LogP contribution in [0.3, 0.4) is 0 Å². The van der Waals surface area contributed by atoms with Gasteiger partial charge < -0.3 is 30.0 Å². The molecule has 336 valence electrons. The van der Waals surface area contributed by atoms with Crippen LogP contribution >= 0.6 is 0 Å². The molecular formula is C51H74N2O8. The van der Waals surface area contributed by atoms with Crippen LogP contribution in [0.4, 0.5) is 0 Å². The van der Waals surface area contributed by atoms with E-state index in [1.165, 1.54) is 5.57 Å². The molecule has 1 aromatic carbocycles. The summed E-state index contributed by atoms with van der Waals surface area (Å²) in [5.41, 5.74) is 1.96. The Hall–Kier alpha value is -3.40. The van der Waals surface area contributed by atoms with Crippen molar-refractivity contribution in [2.75, 3.05) is 19.9 Å². The van der Waals surface area contributed by atoms with E-state index in [1.807, 2.05) is 27.7 Å². The number of nitrogens with one attached hydrogen (secondary N) is 2. The van der Waals surface area contributed by atoms with Crippen LogP contribution in [0.25, 0.3) is 0 Å². The number of Topliss-reactive ketones (excluding diaryl/α,β-unsaturated/α-hetero) is 1. The topological polar surface area (TPSA) is 140 Å². The summed E-state index contributed by atoms with van der Waals surface area (Å²) in [7, 11) is 0. The maximum absolute atomic E-state index is 14.2. The van der Waals surface area contributed by atoms with Crippen LogP contribution in [0.1, 0.15) is 157 Å². The summed E-state index contributed by atoms with van der Waals surface area (Å²) in [5, 5.41) is 16.6. The van der Waals surface area contributed by atoms with Crippen molar-refractivity contribution in [1.82, 2.24) is 10.6 Å². The zero-order valence-electron chi connectivity index (χ0n) is 39.0. The summed E-state index contributed by atoms with van der Waals surface area (Å²) in [6, 6.07) is 5.28. The number of amides is 1. The Labute approximate surface area is 364 Å². The van der Waals surface area contributed by atoms with Crippen molar-refractivity contribution >= 4 is 23.6 Å². The Morgan fingerprint density at radius 3 is 2.28 bits per heavy atom. The van der Waals surface area contributed by atoms with E-state index in [2.05, 4.69) is 59.1 Å². The van der Waals surface area contributed by atoms with E-state index in [1.54, 1.807) is 18.2 Å². The molecule has 0 bridgehead atoms. The van der Waals surface area contributed by atoms with Crippen LogP contribution in [0.15, 0.2) is 29.3 Å². The van der Waals surface area contributed by atoms with E-state index in [4.69, 9.17) is 14.2 Å². The van der Waals surface area contributed by atoms with Gasteiger partial charge in [-0.05, 0) is 154 Å². The number of allylic oxidation sites excluding steroid dienone is 2. The van der Waals surface area contributed by atoms with Crippen molar-refractivity contribution in [1.29, 1.82) is 0 Å². The Kier molecular flexibility index (Phi) is 10.8. The average Bonchev–Trinajstić information content (AvgIpc) is 3.75. The third kappa shape index (κ3) is 6.79. The highest BCUT2D eigenvalue weighted by Gasteiger charge is 2.70. The first kappa shape index (κ1) is 44.2. The molecule has 0 unspecified atom stereocenters. The number of benzene rings is 1. The molecule has 1 amide bonds. The monoisotopic (exact) mass is 843 g/mol. The first-order chi connectivity index (χ1) is 28.4. The Balaban J connectivity index is 0.963. The number of ether oxygens (including phenoxy) is 3. The van der Waals surface area contributed by atoms with Gasteiger partial charge in [0.05, 0.1) is 11.8 Å². The predicted octanol–water partition coefficient (Wildman–Crippen LogP) is 9.54. The van der Waals surface area contributed by atoms with Gasteiger partial charge in [-0.25, -0.2) is 0 Å². The zero-order chi connectivity index (χ0) is 44.3. The average molecular weight is 843 g/mol. The molecule has 10 atom stereocenters. The van der Waals surface area contributed by atoms with Gasteiger partial charge in [-0.15, -0.1) is 0 Å². The number of esters is 1. The Morgan fingerprint density at radius 2 is 1.59 bits per heavy atom. The minimum Gasteiger partial charge on any atom is -0.481 e. The molecule has 1 aliphatic heterocycles. The molecule has 8 rings (SSSR count). The smallest absolute Gasteiger partial charge is 0.309 e. The number of carboxylic acid groups (broad SMARTS) is 1. The fourth-order valence-electron chi connectivity index (χ4n) is 15.4. The van der Waals surface area contributed by atoms with Crippen LogP contribution in [-0.2, 0) is 19.1 Å². The number of carbonyl (C=O) groups excluding carboxylic acids is 3. The molecule has 61 heavy (non-hydrogen) atoms. The third-order valence-electron chi connectivity index (χ3n) is 19.1. The van der Waals surface area contributed by atoms with Gasteiger partial charge >= 0.3 is 11.9 Å². The molecule has 6 aliphatic carbocycles. The molecular weight excluding hydrogens is 769 g/mol. The number of hydrogen-bond acceptors (Lipinski definition) is 8. The molecule has 7 aliphatic rings. The van der Waals surface area contributed by atoms with Gasteiger partial charge in [-0.3, -0.25) is 19.2 Å². The van der Waals surface area contributed by atoms with Gasteiger partial charge in [-0.1, -0.05) is 67.9 Å². The number of ketones is 1. The van der Waals surface area contributed by atoms with Crippen LogP contribution in [0.2, 0.25) is 0 Å². The summed E-state index contributed by atoms with van der Waals surface area (Å²) in [6.45, 7) is 26.3. The lowest BCUT2D eigenvalue weighted by molar-refractivity contribution is -0.236. The number of aliphatic carboxylic acids is 1. The molecule has 5 saturated carbocycles. The fourth-order valence-corrected chi connectivity index (χ4v) is 15.4.